The minimum absolute atomic E-state index is 0.0590. The van der Waals surface area contributed by atoms with E-state index in [-0.39, 0.29) is 5.56 Å². The Bertz CT molecular complexity index is 464. The summed E-state index contributed by atoms with van der Waals surface area (Å²) in [5, 5.41) is 0. The average molecular weight is 236 g/mol. The monoisotopic (exact) mass is 236 g/mol. The van der Waals surface area contributed by atoms with E-state index in [1.807, 2.05) is 38.3 Å². The van der Waals surface area contributed by atoms with Gasteiger partial charge in [-0.1, -0.05) is 13.8 Å². The first-order chi connectivity index (χ1) is 7.64. The molecule has 2 N–H and O–H groups in total. The van der Waals surface area contributed by atoms with Crippen LogP contribution in [-0.4, -0.2) is 4.57 Å². The molecule has 0 saturated carbocycles. The maximum absolute atomic E-state index is 12.5. The zero-order chi connectivity index (χ0) is 13.4. The van der Waals surface area contributed by atoms with Gasteiger partial charge >= 0.3 is 0 Å². The number of aromatic nitrogens is 1. The predicted octanol–water partition coefficient (Wildman–Crippen LogP) is 2.31. The molecular weight excluding hydrogens is 212 g/mol. The van der Waals surface area contributed by atoms with Crippen LogP contribution in [0, 0.1) is 19.8 Å². The van der Waals surface area contributed by atoms with Crippen molar-refractivity contribution in [1.29, 1.82) is 0 Å². The molecule has 0 aliphatic heterocycles. The lowest BCUT2D eigenvalue weighted by molar-refractivity contribution is 0.479. The lowest BCUT2D eigenvalue weighted by atomic mass is 9.92. The summed E-state index contributed by atoms with van der Waals surface area (Å²) in [6.07, 6.45) is 0. The fourth-order valence-electron chi connectivity index (χ4n) is 2.30. The highest BCUT2D eigenvalue weighted by atomic mass is 16.1. The average Bonchev–Trinajstić information content (AvgIpc) is 2.08. The Hall–Kier alpha value is -1.09. The van der Waals surface area contributed by atoms with E-state index in [4.69, 9.17) is 5.73 Å². The molecule has 3 nitrogen and oxygen atoms in total. The maximum atomic E-state index is 12.5. The molecule has 1 aromatic heterocycles. The van der Waals surface area contributed by atoms with Crippen molar-refractivity contribution in [2.24, 2.45) is 11.7 Å². The third-order valence-electron chi connectivity index (χ3n) is 2.90. The van der Waals surface area contributed by atoms with Gasteiger partial charge in [-0.3, -0.25) is 4.79 Å². The molecule has 1 heterocycles. The number of pyridine rings is 1. The molecular formula is C14H24N2O. The van der Waals surface area contributed by atoms with Crippen molar-refractivity contribution in [3.8, 4) is 0 Å². The smallest absolute Gasteiger partial charge is 0.256 e. The van der Waals surface area contributed by atoms with E-state index >= 15 is 0 Å². The summed E-state index contributed by atoms with van der Waals surface area (Å²) in [5.41, 5.74) is 8.28. The number of aryl methyl sites for hydroxylation is 2. The Balaban J connectivity index is 3.49. The Morgan fingerprint density at radius 1 is 1.35 bits per heavy atom. The first-order valence-electron chi connectivity index (χ1n) is 6.15. The molecule has 0 spiro atoms. The quantitative estimate of drug-likeness (QED) is 0.875. The molecule has 0 amide bonds. The first-order valence-corrected chi connectivity index (χ1v) is 6.15. The molecule has 0 saturated heterocycles. The molecule has 1 aromatic rings. The molecule has 0 aliphatic rings. The van der Waals surface area contributed by atoms with Gasteiger partial charge in [0.1, 0.15) is 0 Å². The van der Waals surface area contributed by atoms with E-state index in [1.165, 1.54) is 0 Å². The SMILES string of the molecule is Cc1cc(C)n(CC(C)C)c(=O)c1C(C)(C)N. The topological polar surface area (TPSA) is 48.0 Å². The van der Waals surface area contributed by atoms with Crippen LogP contribution in [-0.2, 0) is 12.1 Å². The van der Waals surface area contributed by atoms with Gasteiger partial charge in [-0.25, -0.2) is 0 Å². The van der Waals surface area contributed by atoms with Gasteiger partial charge in [0, 0.05) is 23.3 Å². The van der Waals surface area contributed by atoms with E-state index in [0.29, 0.717) is 5.92 Å². The van der Waals surface area contributed by atoms with Crippen molar-refractivity contribution >= 4 is 0 Å². The summed E-state index contributed by atoms with van der Waals surface area (Å²) < 4.78 is 1.83. The number of nitrogens with zero attached hydrogens (tertiary/aromatic N) is 1. The molecule has 0 fully saturated rings. The Kier molecular flexibility index (Phi) is 3.82. The van der Waals surface area contributed by atoms with Crippen LogP contribution in [0.2, 0.25) is 0 Å². The summed E-state index contributed by atoms with van der Waals surface area (Å²) in [7, 11) is 0. The minimum atomic E-state index is -0.590. The van der Waals surface area contributed by atoms with Crippen molar-refractivity contribution < 1.29 is 0 Å². The first kappa shape index (κ1) is 14.0. The molecule has 0 aromatic carbocycles. The third kappa shape index (κ3) is 2.97. The van der Waals surface area contributed by atoms with Gasteiger partial charge in [-0.2, -0.15) is 0 Å². The lowest BCUT2D eigenvalue weighted by Gasteiger charge is -2.24. The van der Waals surface area contributed by atoms with E-state index < -0.39 is 5.54 Å². The predicted molar refractivity (Wildman–Crippen MR) is 72.2 cm³/mol. The summed E-state index contributed by atoms with van der Waals surface area (Å²) >= 11 is 0. The van der Waals surface area contributed by atoms with Crippen molar-refractivity contribution in [3.63, 3.8) is 0 Å². The zero-order valence-corrected chi connectivity index (χ0v) is 11.8. The van der Waals surface area contributed by atoms with Crippen LogP contribution in [0.3, 0.4) is 0 Å². The van der Waals surface area contributed by atoms with Gasteiger partial charge in [0.05, 0.1) is 0 Å². The van der Waals surface area contributed by atoms with Gasteiger partial charge < -0.3 is 10.3 Å². The van der Waals surface area contributed by atoms with E-state index in [9.17, 15) is 4.79 Å². The van der Waals surface area contributed by atoms with Crippen molar-refractivity contribution in [2.45, 2.75) is 53.6 Å². The Morgan fingerprint density at radius 2 is 1.88 bits per heavy atom. The van der Waals surface area contributed by atoms with Gasteiger partial charge in [0.2, 0.25) is 0 Å². The minimum Gasteiger partial charge on any atom is -0.322 e. The van der Waals surface area contributed by atoms with Crippen LogP contribution < -0.4 is 11.3 Å². The Labute approximate surface area is 104 Å². The molecule has 17 heavy (non-hydrogen) atoms. The number of hydrogen-bond donors (Lipinski definition) is 1. The number of rotatable bonds is 3. The fourth-order valence-corrected chi connectivity index (χ4v) is 2.30. The normalized spacial score (nSPS) is 12.2. The number of nitrogens with two attached hydrogens (primary N) is 1. The summed E-state index contributed by atoms with van der Waals surface area (Å²) in [4.78, 5) is 12.5. The Morgan fingerprint density at radius 3 is 2.29 bits per heavy atom. The highest BCUT2D eigenvalue weighted by Gasteiger charge is 2.23. The van der Waals surface area contributed by atoms with Crippen LogP contribution in [0.25, 0.3) is 0 Å². The maximum Gasteiger partial charge on any atom is 0.256 e. The fraction of sp³-hybridized carbons (Fsp3) is 0.643. The highest BCUT2D eigenvalue weighted by Crippen LogP contribution is 2.18. The van der Waals surface area contributed by atoms with Crippen LogP contribution in [0.15, 0.2) is 10.9 Å². The molecule has 0 aliphatic carbocycles. The second-order valence-electron chi connectivity index (χ2n) is 5.88. The standard InChI is InChI=1S/C14H24N2O/c1-9(2)8-16-11(4)7-10(3)12(13(16)17)14(5,6)15/h7,9H,8,15H2,1-6H3. The van der Waals surface area contributed by atoms with Crippen LogP contribution in [0.5, 0.6) is 0 Å². The van der Waals surface area contributed by atoms with Gasteiger partial charge in [0.25, 0.3) is 5.56 Å². The second kappa shape index (κ2) is 4.65. The lowest BCUT2D eigenvalue weighted by Crippen LogP contribution is -2.40. The van der Waals surface area contributed by atoms with Crippen LogP contribution >= 0.6 is 0 Å². The molecule has 96 valence electrons. The largest absolute Gasteiger partial charge is 0.322 e. The van der Waals surface area contributed by atoms with Crippen LogP contribution in [0.4, 0.5) is 0 Å². The molecule has 0 unspecified atom stereocenters. The molecule has 1 rings (SSSR count). The van der Waals surface area contributed by atoms with Crippen LogP contribution in [0.1, 0.15) is 44.5 Å². The van der Waals surface area contributed by atoms with Gasteiger partial charge in [-0.15, -0.1) is 0 Å². The summed E-state index contributed by atoms with van der Waals surface area (Å²) in [5.74, 6) is 0.447. The molecule has 0 bridgehead atoms. The molecule has 0 atom stereocenters. The van der Waals surface area contributed by atoms with Crippen molar-refractivity contribution in [3.05, 3.63) is 33.2 Å². The van der Waals surface area contributed by atoms with E-state index in [1.54, 1.807) is 0 Å². The second-order valence-corrected chi connectivity index (χ2v) is 5.88. The van der Waals surface area contributed by atoms with Crippen molar-refractivity contribution in [2.75, 3.05) is 0 Å². The van der Waals surface area contributed by atoms with E-state index in [0.717, 1.165) is 23.4 Å². The summed E-state index contributed by atoms with van der Waals surface area (Å²) in [6.45, 7) is 12.7. The number of hydrogen-bond acceptors (Lipinski definition) is 2. The summed E-state index contributed by atoms with van der Waals surface area (Å²) in [6, 6.07) is 2.05. The molecule has 0 radical (unpaired) electrons. The van der Waals surface area contributed by atoms with Gasteiger partial charge in [0.15, 0.2) is 0 Å². The van der Waals surface area contributed by atoms with E-state index in [2.05, 4.69) is 13.8 Å². The van der Waals surface area contributed by atoms with Crippen molar-refractivity contribution in [1.82, 2.24) is 4.57 Å². The highest BCUT2D eigenvalue weighted by molar-refractivity contribution is 5.31. The third-order valence-corrected chi connectivity index (χ3v) is 2.90. The molecule has 3 heteroatoms. The van der Waals surface area contributed by atoms with Gasteiger partial charge in [-0.05, 0) is 45.2 Å². The zero-order valence-electron chi connectivity index (χ0n) is 11.8.